The van der Waals surface area contributed by atoms with Gasteiger partial charge in [-0.15, -0.1) is 0 Å². The van der Waals surface area contributed by atoms with Crippen LogP contribution >= 0.6 is 0 Å². The van der Waals surface area contributed by atoms with E-state index >= 15 is 0 Å². The van der Waals surface area contributed by atoms with Crippen LogP contribution in [0.2, 0.25) is 0 Å². The molecule has 146 valence electrons. The van der Waals surface area contributed by atoms with Crippen molar-refractivity contribution in [1.82, 2.24) is 9.79 Å². The molecule has 0 aromatic heterocycles. The molecule has 2 unspecified atom stereocenters. The highest BCUT2D eigenvalue weighted by atomic mass is 32.2. The van der Waals surface area contributed by atoms with Crippen molar-refractivity contribution in [2.75, 3.05) is 27.9 Å². The molecular weight excluding hydrogens is 368 g/mol. The second-order valence-electron chi connectivity index (χ2n) is 6.29. The van der Waals surface area contributed by atoms with Gasteiger partial charge in [0.15, 0.2) is 11.5 Å². The molecule has 27 heavy (non-hydrogen) atoms. The van der Waals surface area contributed by atoms with E-state index in [1.165, 1.54) is 0 Å². The minimum Gasteiger partial charge on any atom is -0.493 e. The Balaban J connectivity index is 1.84. The quantitative estimate of drug-likeness (QED) is 0.778. The largest absolute Gasteiger partial charge is 0.493 e. The lowest BCUT2D eigenvalue weighted by atomic mass is 10.0. The predicted molar refractivity (Wildman–Crippen MR) is 102 cm³/mol. The molecule has 7 nitrogen and oxygen atoms in total. The minimum absolute atomic E-state index is 0.0830. The maximum Gasteiger partial charge on any atom is 0.219 e. The summed E-state index contributed by atoms with van der Waals surface area (Å²) in [6.45, 7) is 0.321. The number of hydrogen-bond acceptors (Lipinski definition) is 6. The number of methoxy groups -OCH3 is 2. The fourth-order valence-corrected chi connectivity index (χ4v) is 4.69. The molecule has 0 amide bonds. The van der Waals surface area contributed by atoms with Crippen molar-refractivity contribution in [2.45, 2.75) is 17.8 Å². The molecule has 2 aromatic carbocycles. The molecular formula is C19H24N2O5S. The average Bonchev–Trinajstić information content (AvgIpc) is 3.09. The Morgan fingerprint density at radius 2 is 1.81 bits per heavy atom. The summed E-state index contributed by atoms with van der Waals surface area (Å²) in [6, 6.07) is 14.3. The third kappa shape index (κ3) is 4.24. The zero-order chi connectivity index (χ0) is 19.4. The molecule has 2 aromatic rings. The third-order valence-electron chi connectivity index (χ3n) is 4.65. The molecule has 1 heterocycles. The molecule has 0 saturated carbocycles. The van der Waals surface area contributed by atoms with Crippen LogP contribution in [0.5, 0.6) is 11.5 Å². The Kier molecular flexibility index (Phi) is 6.01. The lowest BCUT2D eigenvalue weighted by molar-refractivity contribution is -0.110. The first-order chi connectivity index (χ1) is 13.0. The SMILES string of the molecule is COc1ccc(C2C(S(=O)(=O)NCc3ccccc3)CON2C)cc1OC. The number of nitrogens with zero attached hydrogens (tertiary/aromatic N) is 1. The summed E-state index contributed by atoms with van der Waals surface area (Å²) >= 11 is 0. The molecule has 0 radical (unpaired) electrons. The molecule has 0 bridgehead atoms. The van der Waals surface area contributed by atoms with Gasteiger partial charge in [0.1, 0.15) is 5.25 Å². The first-order valence-electron chi connectivity index (χ1n) is 8.56. The van der Waals surface area contributed by atoms with Crippen LogP contribution < -0.4 is 14.2 Å². The van der Waals surface area contributed by atoms with E-state index in [2.05, 4.69) is 4.72 Å². The number of nitrogens with one attached hydrogen (secondary N) is 1. The lowest BCUT2D eigenvalue weighted by Gasteiger charge is -2.24. The van der Waals surface area contributed by atoms with Gasteiger partial charge in [-0.25, -0.2) is 13.1 Å². The maximum atomic E-state index is 12.9. The number of ether oxygens (including phenoxy) is 2. The van der Waals surface area contributed by atoms with Gasteiger partial charge in [-0.2, -0.15) is 5.06 Å². The highest BCUT2D eigenvalue weighted by Gasteiger charge is 2.43. The first kappa shape index (κ1) is 19.6. The van der Waals surface area contributed by atoms with E-state index in [4.69, 9.17) is 14.3 Å². The third-order valence-corrected chi connectivity index (χ3v) is 6.39. The molecule has 2 atom stereocenters. The van der Waals surface area contributed by atoms with Crippen molar-refractivity contribution in [3.63, 3.8) is 0 Å². The zero-order valence-corrected chi connectivity index (χ0v) is 16.4. The van der Waals surface area contributed by atoms with E-state index in [0.29, 0.717) is 11.5 Å². The van der Waals surface area contributed by atoms with Gasteiger partial charge in [-0.05, 0) is 23.3 Å². The van der Waals surface area contributed by atoms with Crippen LogP contribution in [-0.4, -0.2) is 46.6 Å². The van der Waals surface area contributed by atoms with Gasteiger partial charge in [0.25, 0.3) is 0 Å². The molecule has 1 aliphatic rings. The highest BCUT2D eigenvalue weighted by molar-refractivity contribution is 7.90. The van der Waals surface area contributed by atoms with E-state index < -0.39 is 21.3 Å². The number of rotatable bonds is 7. The Morgan fingerprint density at radius 1 is 1.11 bits per heavy atom. The fourth-order valence-electron chi connectivity index (χ4n) is 3.20. The van der Waals surface area contributed by atoms with Crippen molar-refractivity contribution in [2.24, 2.45) is 0 Å². The average molecular weight is 392 g/mol. The molecule has 1 aliphatic heterocycles. The fraction of sp³-hybridized carbons (Fsp3) is 0.368. The van der Waals surface area contributed by atoms with Crippen molar-refractivity contribution in [3.8, 4) is 11.5 Å². The summed E-state index contributed by atoms with van der Waals surface area (Å²) in [5, 5.41) is 0.831. The van der Waals surface area contributed by atoms with Gasteiger partial charge in [-0.1, -0.05) is 36.4 Å². The van der Waals surface area contributed by atoms with E-state index in [1.54, 1.807) is 38.5 Å². The summed E-state index contributed by atoms with van der Waals surface area (Å²) in [7, 11) is 1.22. The van der Waals surface area contributed by atoms with Gasteiger partial charge in [-0.3, -0.25) is 4.84 Å². The number of sulfonamides is 1. The van der Waals surface area contributed by atoms with E-state index in [0.717, 1.165) is 11.1 Å². The van der Waals surface area contributed by atoms with Crippen LogP contribution in [0.15, 0.2) is 48.5 Å². The van der Waals surface area contributed by atoms with Crippen LogP contribution in [0.25, 0.3) is 0 Å². The molecule has 1 N–H and O–H groups in total. The van der Waals surface area contributed by atoms with Crippen LogP contribution in [-0.2, 0) is 21.4 Å². The molecule has 0 spiro atoms. The summed E-state index contributed by atoms with van der Waals surface area (Å²) in [5.41, 5.74) is 1.68. The monoisotopic (exact) mass is 392 g/mol. The molecule has 0 aliphatic carbocycles. The van der Waals surface area contributed by atoms with Crippen LogP contribution in [0.1, 0.15) is 17.2 Å². The summed E-state index contributed by atoms with van der Waals surface area (Å²) in [5.74, 6) is 1.13. The topological polar surface area (TPSA) is 77.1 Å². The normalized spacial score (nSPS) is 20.6. The van der Waals surface area contributed by atoms with Crippen LogP contribution in [0, 0.1) is 0 Å². The first-order valence-corrected chi connectivity index (χ1v) is 10.1. The van der Waals surface area contributed by atoms with Gasteiger partial charge in [0, 0.05) is 13.6 Å². The summed E-state index contributed by atoms with van der Waals surface area (Å²) < 4.78 is 39.2. The Morgan fingerprint density at radius 3 is 2.48 bits per heavy atom. The standard InChI is InChI=1S/C19H24N2O5S/c1-21-19(15-9-10-16(24-2)17(11-15)25-3)18(13-26-21)27(22,23)20-12-14-7-5-4-6-8-14/h4-11,18-20H,12-13H2,1-3H3. The zero-order valence-electron chi connectivity index (χ0n) is 15.6. The van der Waals surface area contributed by atoms with Crippen LogP contribution in [0.4, 0.5) is 0 Å². The lowest BCUT2D eigenvalue weighted by Crippen LogP contribution is -2.39. The Bertz CT molecular complexity index is 873. The maximum absolute atomic E-state index is 12.9. The second-order valence-corrected chi connectivity index (χ2v) is 8.28. The number of hydrogen-bond donors (Lipinski definition) is 1. The molecule has 3 rings (SSSR count). The Hall–Kier alpha value is -2.13. The van der Waals surface area contributed by atoms with E-state index in [1.807, 2.05) is 36.4 Å². The molecule has 8 heteroatoms. The smallest absolute Gasteiger partial charge is 0.219 e. The van der Waals surface area contributed by atoms with Crippen molar-refractivity contribution in [1.29, 1.82) is 0 Å². The summed E-state index contributed by atoms with van der Waals surface area (Å²) in [6.07, 6.45) is 0. The van der Waals surface area contributed by atoms with Gasteiger partial charge in [0.05, 0.1) is 26.9 Å². The second kappa shape index (κ2) is 8.26. The molecule has 1 saturated heterocycles. The number of hydroxylamine groups is 2. The van der Waals surface area contributed by atoms with Crippen molar-refractivity contribution in [3.05, 3.63) is 59.7 Å². The Labute approximate surface area is 159 Å². The number of benzene rings is 2. The van der Waals surface area contributed by atoms with E-state index in [9.17, 15) is 8.42 Å². The van der Waals surface area contributed by atoms with Crippen molar-refractivity contribution < 1.29 is 22.7 Å². The van der Waals surface area contributed by atoms with Gasteiger partial charge < -0.3 is 9.47 Å². The van der Waals surface area contributed by atoms with Gasteiger partial charge in [0.2, 0.25) is 10.0 Å². The van der Waals surface area contributed by atoms with E-state index in [-0.39, 0.29) is 13.2 Å². The minimum atomic E-state index is -3.61. The predicted octanol–water partition coefficient (Wildman–Crippen LogP) is 2.11. The highest BCUT2D eigenvalue weighted by Crippen LogP contribution is 2.37. The van der Waals surface area contributed by atoms with Gasteiger partial charge >= 0.3 is 0 Å². The summed E-state index contributed by atoms with van der Waals surface area (Å²) in [4.78, 5) is 5.54. The van der Waals surface area contributed by atoms with Crippen LogP contribution in [0.3, 0.4) is 0 Å². The molecule has 1 fully saturated rings. The van der Waals surface area contributed by atoms with Crippen molar-refractivity contribution >= 4 is 10.0 Å².